The molecule has 0 aliphatic heterocycles. The molecule has 0 spiro atoms. The van der Waals surface area contributed by atoms with Crippen molar-refractivity contribution < 1.29 is 175 Å². The molecule has 4 aromatic carbocycles. The zero-order valence-corrected chi connectivity index (χ0v) is 42.4. The van der Waals surface area contributed by atoms with Crippen molar-refractivity contribution in [3.63, 3.8) is 0 Å². The fourth-order valence-electron chi connectivity index (χ4n) is 4.59. The monoisotopic (exact) mass is 931 g/mol. The third-order valence-corrected chi connectivity index (χ3v) is 10.5. The van der Waals surface area contributed by atoms with E-state index in [0.29, 0.717) is 18.2 Å². The molecule has 22 nitrogen and oxygen atoms in total. The molecule has 1 aromatic heterocycles. The minimum Gasteiger partial charge on any atom is -0.846 e. The molecule has 0 radical (unpaired) electrons. The summed E-state index contributed by atoms with van der Waals surface area (Å²) in [6.07, 6.45) is 0. The van der Waals surface area contributed by atoms with Gasteiger partial charge in [0.25, 0.3) is 10.1 Å². The van der Waals surface area contributed by atoms with Crippen molar-refractivity contribution in [3.8, 4) is 0 Å². The van der Waals surface area contributed by atoms with Crippen molar-refractivity contribution in [2.45, 2.75) is 19.6 Å². The van der Waals surface area contributed by atoms with Gasteiger partial charge in [-0.15, -0.1) is 10.2 Å². The Morgan fingerprint density at radius 1 is 0.741 bits per heavy atom. The molecule has 0 atom stereocenters. The molecule has 4 N–H and O–H groups in total. The van der Waals surface area contributed by atoms with Gasteiger partial charge in [0.1, 0.15) is 46.6 Å². The number of aromatic nitrogens is 3. The molecule has 0 fully saturated rings. The maximum absolute atomic E-state index is 12.3. The summed E-state index contributed by atoms with van der Waals surface area (Å²) in [6.45, 7) is 0. The van der Waals surface area contributed by atoms with E-state index >= 15 is 0 Å². The van der Waals surface area contributed by atoms with Crippen LogP contribution in [0.15, 0.2) is 102 Å². The molecule has 5 rings (SSSR count). The maximum Gasteiger partial charge on any atom is 1.00 e. The first-order valence-corrected chi connectivity index (χ1v) is 20.0. The second-order valence-corrected chi connectivity index (χ2v) is 16.4. The molecule has 0 bridgehead atoms. The third kappa shape index (κ3) is 13.8. The van der Waals surface area contributed by atoms with Gasteiger partial charge in [-0.3, -0.25) is 4.55 Å². The van der Waals surface area contributed by atoms with E-state index in [9.17, 15) is 57.0 Å². The molecular weight excluding hydrogens is 914 g/mol. The van der Waals surface area contributed by atoms with Gasteiger partial charge in [0.2, 0.25) is 17.2 Å². The fraction of sp³-hybridized carbons (Fsp3) is 0.0370. The number of fused-ring (bicyclic) bond motifs is 1. The molecule has 0 aliphatic rings. The molecule has 0 amide bonds. The second-order valence-electron chi connectivity index (χ2n) is 10.6. The number of aliphatic imine (C=N–C) groups is 1. The third-order valence-electron chi connectivity index (χ3n) is 6.92. The van der Waals surface area contributed by atoms with E-state index in [1.807, 2.05) is 0 Å². The average molecular weight is 932 g/mol. The number of azo groups is 1. The van der Waals surface area contributed by atoms with Gasteiger partial charge in [-0.05, 0) is 77.7 Å². The Morgan fingerprint density at radius 3 is 1.93 bits per heavy atom. The van der Waals surface area contributed by atoms with E-state index < -0.39 is 82.5 Å². The Hall–Kier alpha value is -1.45. The van der Waals surface area contributed by atoms with Crippen molar-refractivity contribution in [2.75, 3.05) is 17.3 Å². The number of nitrogens with two attached hydrogens (primary N) is 1. The molecule has 0 unspecified atom stereocenters. The Bertz CT molecular complexity index is 2890. The number of benzene rings is 4. The number of anilines is 4. The molecule has 284 valence electrons. The van der Waals surface area contributed by atoms with Gasteiger partial charge >= 0.3 is 118 Å². The van der Waals surface area contributed by atoms with Crippen LogP contribution < -0.4 is 139 Å². The van der Waals surface area contributed by atoms with Crippen LogP contribution in [-0.2, 0) is 40.5 Å². The van der Waals surface area contributed by atoms with Crippen molar-refractivity contribution >= 4 is 109 Å². The van der Waals surface area contributed by atoms with E-state index in [1.165, 1.54) is 42.3 Å². The number of nitrogens with zero attached hydrogens (tertiary/aromatic N) is 7. The zero-order chi connectivity index (χ0) is 40.0. The van der Waals surface area contributed by atoms with Crippen LogP contribution in [0.5, 0.6) is 0 Å². The first kappa shape index (κ1) is 54.6. The van der Waals surface area contributed by atoms with Crippen LogP contribution >= 0.6 is 11.6 Å². The maximum atomic E-state index is 12.3. The van der Waals surface area contributed by atoms with Crippen LogP contribution in [0.4, 0.5) is 40.3 Å². The number of halogens is 1. The van der Waals surface area contributed by atoms with Gasteiger partial charge in [-0.25, -0.2) is 30.2 Å². The molecule has 31 heteroatoms. The fourth-order valence-corrected chi connectivity index (χ4v) is 7.23. The van der Waals surface area contributed by atoms with Crippen LogP contribution in [0.1, 0.15) is 0 Å². The topological polar surface area (TPSA) is 366 Å². The van der Waals surface area contributed by atoms with E-state index in [4.69, 9.17) is 17.3 Å². The Labute approximate surface area is 423 Å². The summed E-state index contributed by atoms with van der Waals surface area (Å²) in [7, 11) is -19.4. The SMILES string of the molecule is CN(c1cccc(S(=O)(=O)[O-])c1)c1nc(Cl)nc(Nc2ccc(N=Nc3cc4c(S(=O)(=O)[O-])cc(S(=O)(=O)[O-])cc4cc3S(=O)(=O)O)c(N=C(N)[O-])c2)n1.[Na+].[Na+].[Na+].[Na+]. The predicted molar refractivity (Wildman–Crippen MR) is 182 cm³/mol. The van der Waals surface area contributed by atoms with Crippen molar-refractivity contribution in [2.24, 2.45) is 21.0 Å². The predicted octanol–water partition coefficient (Wildman–Crippen LogP) is -10.1. The Balaban J connectivity index is 0.00000420. The molecule has 0 saturated heterocycles. The summed E-state index contributed by atoms with van der Waals surface area (Å²) in [6, 6.07) is 9.44. The van der Waals surface area contributed by atoms with Crippen LogP contribution in [0.25, 0.3) is 10.8 Å². The minimum absolute atomic E-state index is 0. The van der Waals surface area contributed by atoms with Crippen LogP contribution in [0, 0.1) is 0 Å². The summed E-state index contributed by atoms with van der Waals surface area (Å²) in [5.74, 6) is -0.316. The second kappa shape index (κ2) is 21.1. The van der Waals surface area contributed by atoms with Crippen molar-refractivity contribution in [1.82, 2.24) is 15.0 Å². The number of rotatable bonds is 11. The summed E-state index contributed by atoms with van der Waals surface area (Å²) < 4.78 is 140. The molecular formula is C27H18ClN9Na4O13S4. The quantitative estimate of drug-likeness (QED) is 0.0364. The van der Waals surface area contributed by atoms with Gasteiger partial charge in [-0.1, -0.05) is 6.07 Å². The van der Waals surface area contributed by atoms with Crippen LogP contribution in [0.2, 0.25) is 5.28 Å². The summed E-state index contributed by atoms with van der Waals surface area (Å²) in [5.41, 5.74) is 4.14. The van der Waals surface area contributed by atoms with Crippen molar-refractivity contribution in [1.29, 1.82) is 0 Å². The van der Waals surface area contributed by atoms with Crippen LogP contribution in [0.3, 0.4) is 0 Å². The van der Waals surface area contributed by atoms with E-state index in [1.54, 1.807) is 0 Å². The van der Waals surface area contributed by atoms with E-state index in [-0.39, 0.29) is 164 Å². The van der Waals surface area contributed by atoms with Crippen LogP contribution in [-0.4, -0.2) is 79.9 Å². The molecule has 58 heavy (non-hydrogen) atoms. The first-order valence-electron chi connectivity index (χ1n) is 14.0. The Morgan fingerprint density at radius 2 is 1.36 bits per heavy atom. The smallest absolute Gasteiger partial charge is 0.846 e. The normalized spacial score (nSPS) is 12.1. The number of amidine groups is 1. The summed E-state index contributed by atoms with van der Waals surface area (Å²) in [4.78, 5) is 13.1. The molecule has 1 heterocycles. The number of hydrogen-bond acceptors (Lipinski definition) is 20. The molecule has 5 aromatic rings. The summed E-state index contributed by atoms with van der Waals surface area (Å²) in [5, 5.41) is 20.6. The first-order chi connectivity index (χ1) is 24.9. The van der Waals surface area contributed by atoms with Gasteiger partial charge in [0.15, 0.2) is 0 Å². The zero-order valence-electron chi connectivity index (χ0n) is 30.4. The minimum atomic E-state index is -5.50. The molecule has 0 aliphatic carbocycles. The van der Waals surface area contributed by atoms with E-state index in [0.717, 1.165) is 12.1 Å². The average Bonchev–Trinajstić information content (AvgIpc) is 3.04. The van der Waals surface area contributed by atoms with Gasteiger partial charge in [0.05, 0.1) is 26.4 Å². The van der Waals surface area contributed by atoms with Gasteiger partial charge in [-0.2, -0.15) is 23.4 Å². The van der Waals surface area contributed by atoms with Gasteiger partial charge < -0.3 is 34.7 Å². The standard InChI is InChI=1S/C27H22ClN9O13S4.4Na/c1-37(15-3-2-4-16(10-15)51(39,40)41)27-33-24(28)32-26(34-27)30-14-5-6-19(20(9-14)31-25(29)38)35-36-21-12-18-13(8-23(21)54(48,49)50)7-17(52(42,43)44)11-22(18)53(45,46)47;;;;/h2-12H,1H3,(H3,29,31,38)(H,39,40,41)(H,42,43,44)(H,45,46,47)(H,48,49,50)(H,30,32,33,34);;;;/q;4*+1/p-4. The Kier molecular flexibility index (Phi) is 19.8. The van der Waals surface area contributed by atoms with Crippen molar-refractivity contribution in [3.05, 3.63) is 72.0 Å². The van der Waals surface area contributed by atoms with Gasteiger partial charge in [0, 0.05) is 23.8 Å². The van der Waals surface area contributed by atoms with E-state index in [2.05, 4.69) is 35.5 Å². The molecule has 0 saturated carbocycles. The largest absolute Gasteiger partial charge is 1.00 e. The summed E-state index contributed by atoms with van der Waals surface area (Å²) >= 11 is 6.09. The number of hydrogen-bond donors (Lipinski definition) is 3. The number of nitrogens with one attached hydrogen (secondary N) is 1.